The van der Waals surface area contributed by atoms with Crippen molar-refractivity contribution < 1.29 is 19.5 Å². The van der Waals surface area contributed by atoms with Crippen molar-refractivity contribution in [1.82, 2.24) is 0 Å². The van der Waals surface area contributed by atoms with E-state index in [1.54, 1.807) is 6.07 Å². The Bertz CT molecular complexity index is 614. The normalized spacial score (nSPS) is 15.7. The molecule has 5 nitrogen and oxygen atoms in total. The van der Waals surface area contributed by atoms with Crippen molar-refractivity contribution in [2.24, 2.45) is 0 Å². The van der Waals surface area contributed by atoms with Crippen LogP contribution in [0.2, 0.25) is 0 Å². The van der Waals surface area contributed by atoms with E-state index in [-0.39, 0.29) is 17.4 Å². The Morgan fingerprint density at radius 1 is 1.10 bits per heavy atom. The maximum atomic E-state index is 12.0. The largest absolute Gasteiger partial charge is 0.478 e. The molecule has 0 aliphatic carbocycles. The van der Waals surface area contributed by atoms with Gasteiger partial charge in [0, 0.05) is 20.0 Å². The van der Waals surface area contributed by atoms with Crippen LogP contribution in [-0.4, -0.2) is 22.9 Å². The fraction of sp³-hybridized carbons (Fsp3) is 0.250. The second kappa shape index (κ2) is 6.42. The van der Waals surface area contributed by atoms with Crippen LogP contribution in [0.25, 0.3) is 0 Å². The second-order valence-corrected chi connectivity index (χ2v) is 7.56. The first kappa shape index (κ1) is 16.4. The van der Waals surface area contributed by atoms with Gasteiger partial charge < -0.3 is 5.11 Å². The molecule has 106 valence electrons. The van der Waals surface area contributed by atoms with Crippen LogP contribution >= 0.6 is 67.8 Å². The highest BCUT2D eigenvalue weighted by molar-refractivity contribution is 14.1. The van der Waals surface area contributed by atoms with E-state index in [4.69, 9.17) is 0 Å². The number of amides is 2. The van der Waals surface area contributed by atoms with Gasteiger partial charge in [-0.25, -0.2) is 9.69 Å². The molecule has 0 saturated carbocycles. The van der Waals surface area contributed by atoms with Crippen molar-refractivity contribution in [1.29, 1.82) is 0 Å². The van der Waals surface area contributed by atoms with E-state index in [1.807, 2.05) is 67.8 Å². The summed E-state index contributed by atoms with van der Waals surface area (Å²) in [6, 6.07) is 1.68. The first-order valence-corrected chi connectivity index (χ1v) is 8.84. The number of rotatable bonds is 2. The summed E-state index contributed by atoms with van der Waals surface area (Å²) in [5.41, 5.74) is 0.534. The van der Waals surface area contributed by atoms with Crippen LogP contribution in [0.15, 0.2) is 6.07 Å². The number of imide groups is 1. The molecule has 1 heterocycles. The number of carboxylic acids is 1. The van der Waals surface area contributed by atoms with Gasteiger partial charge >= 0.3 is 5.97 Å². The van der Waals surface area contributed by atoms with Crippen LogP contribution < -0.4 is 4.90 Å². The van der Waals surface area contributed by atoms with E-state index in [1.165, 1.54) is 0 Å². The highest BCUT2D eigenvalue weighted by Crippen LogP contribution is 2.36. The van der Waals surface area contributed by atoms with Crippen molar-refractivity contribution in [3.05, 3.63) is 22.3 Å². The predicted molar refractivity (Wildman–Crippen MR) is 97.9 cm³/mol. The van der Waals surface area contributed by atoms with E-state index in [9.17, 15) is 19.5 Å². The molecule has 0 spiro atoms. The van der Waals surface area contributed by atoms with Gasteiger partial charge in [0.05, 0.1) is 14.8 Å². The summed E-state index contributed by atoms with van der Waals surface area (Å²) in [7, 11) is 0. The number of carbonyl (C=O) groups excluding carboxylic acids is 2. The van der Waals surface area contributed by atoms with Crippen molar-refractivity contribution >= 4 is 91.2 Å². The molecule has 1 aliphatic rings. The Balaban J connectivity index is 2.67. The molecule has 0 unspecified atom stereocenters. The molecule has 0 atom stereocenters. The number of piperidine rings is 1. The van der Waals surface area contributed by atoms with Gasteiger partial charge in [0.2, 0.25) is 11.8 Å². The molecular weight excluding hydrogens is 603 g/mol. The lowest BCUT2D eigenvalue weighted by atomic mass is 10.1. The summed E-state index contributed by atoms with van der Waals surface area (Å²) < 4.78 is 1.71. The third-order valence-corrected chi connectivity index (χ3v) is 5.59. The first-order chi connectivity index (χ1) is 9.34. The molecule has 1 fully saturated rings. The van der Waals surface area contributed by atoms with Gasteiger partial charge in [0.15, 0.2) is 0 Å². The molecule has 1 aromatic carbocycles. The van der Waals surface area contributed by atoms with Gasteiger partial charge in [0.25, 0.3) is 0 Å². The van der Waals surface area contributed by atoms with Crippen LogP contribution in [0.3, 0.4) is 0 Å². The Hall–Kier alpha value is 0.0200. The molecule has 1 aliphatic heterocycles. The Labute approximate surface area is 155 Å². The van der Waals surface area contributed by atoms with Crippen molar-refractivity contribution in [3.8, 4) is 0 Å². The van der Waals surface area contributed by atoms with E-state index < -0.39 is 5.97 Å². The third-order valence-electron chi connectivity index (χ3n) is 2.86. The molecule has 8 heteroatoms. The summed E-state index contributed by atoms with van der Waals surface area (Å²) in [6.07, 6.45) is 1.18. The van der Waals surface area contributed by atoms with E-state index >= 15 is 0 Å². The van der Waals surface area contributed by atoms with Crippen molar-refractivity contribution in [2.75, 3.05) is 4.90 Å². The maximum absolute atomic E-state index is 12.0. The van der Waals surface area contributed by atoms with Crippen LogP contribution in [0, 0.1) is 10.7 Å². The highest BCUT2D eigenvalue weighted by atomic mass is 127. The first-order valence-electron chi connectivity index (χ1n) is 5.61. The Morgan fingerprint density at radius 3 is 2.15 bits per heavy atom. The van der Waals surface area contributed by atoms with Crippen LogP contribution in [0.1, 0.15) is 29.6 Å². The van der Waals surface area contributed by atoms with Crippen molar-refractivity contribution in [3.63, 3.8) is 0 Å². The summed E-state index contributed by atoms with van der Waals surface area (Å²) in [5, 5.41) is 9.29. The lowest BCUT2D eigenvalue weighted by Gasteiger charge is -2.27. The smallest absolute Gasteiger partial charge is 0.337 e. The number of anilines is 1. The highest BCUT2D eigenvalue weighted by Gasteiger charge is 2.32. The molecule has 0 radical (unpaired) electrons. The molecular formula is C12H8I3NO4. The van der Waals surface area contributed by atoms with E-state index in [0.29, 0.717) is 35.7 Å². The van der Waals surface area contributed by atoms with Crippen LogP contribution in [0.5, 0.6) is 0 Å². The van der Waals surface area contributed by atoms with Crippen LogP contribution in [0.4, 0.5) is 5.69 Å². The second-order valence-electron chi connectivity index (χ2n) is 4.16. The lowest BCUT2D eigenvalue weighted by molar-refractivity contribution is -0.129. The molecule has 2 amide bonds. The van der Waals surface area contributed by atoms with Gasteiger partial charge in [-0.2, -0.15) is 0 Å². The fourth-order valence-electron chi connectivity index (χ4n) is 1.98. The number of nitrogens with zero attached hydrogens (tertiary/aromatic N) is 1. The summed E-state index contributed by atoms with van der Waals surface area (Å²) in [4.78, 5) is 36.5. The molecule has 2 rings (SSSR count). The number of halogens is 3. The summed E-state index contributed by atoms with van der Waals surface area (Å²) >= 11 is 5.86. The monoisotopic (exact) mass is 611 g/mol. The average Bonchev–Trinajstić information content (AvgIpc) is 2.31. The minimum Gasteiger partial charge on any atom is -0.478 e. The number of hydrogen-bond acceptors (Lipinski definition) is 3. The van der Waals surface area contributed by atoms with Crippen LogP contribution in [-0.2, 0) is 9.59 Å². The lowest BCUT2D eigenvalue weighted by Crippen LogP contribution is -2.41. The number of hydrogen-bond donors (Lipinski definition) is 1. The van der Waals surface area contributed by atoms with Gasteiger partial charge in [-0.3, -0.25) is 9.59 Å². The van der Waals surface area contributed by atoms with E-state index in [0.717, 1.165) is 4.90 Å². The third kappa shape index (κ3) is 2.96. The van der Waals surface area contributed by atoms with Crippen molar-refractivity contribution in [2.45, 2.75) is 19.3 Å². The van der Waals surface area contributed by atoms with Gasteiger partial charge in [-0.05, 0) is 80.3 Å². The Morgan fingerprint density at radius 2 is 1.65 bits per heavy atom. The van der Waals surface area contributed by atoms with Gasteiger partial charge in [-0.1, -0.05) is 0 Å². The summed E-state index contributed by atoms with van der Waals surface area (Å²) in [6.45, 7) is 0. The molecule has 0 bridgehead atoms. The molecule has 1 aromatic rings. The van der Waals surface area contributed by atoms with Gasteiger partial charge in [0.1, 0.15) is 0 Å². The number of aromatic carboxylic acids is 1. The quantitative estimate of drug-likeness (QED) is 0.412. The number of benzene rings is 1. The van der Waals surface area contributed by atoms with Gasteiger partial charge in [-0.15, -0.1) is 0 Å². The standard InChI is InChI=1S/C12H8I3NO4/c13-5-4-6(14)11(10(15)9(5)12(19)20)16-7(17)2-1-3-8(16)18/h4H,1-3H2,(H,19,20). The topological polar surface area (TPSA) is 74.7 Å². The number of carboxylic acid groups (broad SMARTS) is 1. The zero-order chi connectivity index (χ0) is 15.0. The molecule has 1 N–H and O–H groups in total. The Kier molecular flexibility index (Phi) is 5.26. The summed E-state index contributed by atoms with van der Waals surface area (Å²) in [5.74, 6) is -1.60. The molecule has 0 aromatic heterocycles. The van der Waals surface area contributed by atoms with E-state index in [2.05, 4.69) is 0 Å². The SMILES string of the molecule is O=C(O)c1c(I)cc(I)c(N2C(=O)CCCC2=O)c1I. The molecule has 1 saturated heterocycles. The zero-order valence-corrected chi connectivity index (χ0v) is 16.4. The minimum absolute atomic E-state index is 0.132. The minimum atomic E-state index is -1.06. The fourth-order valence-corrected chi connectivity index (χ4v) is 6.30. The number of carbonyl (C=O) groups is 3. The molecule has 20 heavy (non-hydrogen) atoms. The average molecular weight is 611 g/mol. The predicted octanol–water partition coefficient (Wildman–Crippen LogP) is 3.24. The zero-order valence-electron chi connectivity index (χ0n) is 9.95. The maximum Gasteiger partial charge on any atom is 0.337 e.